The van der Waals surface area contributed by atoms with Gasteiger partial charge in [0.25, 0.3) is 0 Å². The maximum Gasteiger partial charge on any atom is 0.231 e. The summed E-state index contributed by atoms with van der Waals surface area (Å²) in [4.78, 5) is 30.3. The molecule has 7 heteroatoms. The third-order valence-corrected chi connectivity index (χ3v) is 2.97. The standard InChI is InChI=1S/C10H13IN4O2/c1-4-7-8(11)9(12-5(2)16)15-10(14-7)13-6(3)17/h4H2,1-3H3,(H2,12,13,14,15,16,17). The lowest BCUT2D eigenvalue weighted by atomic mass is 10.3. The molecule has 6 nitrogen and oxygen atoms in total. The Balaban J connectivity index is 3.17. The first-order chi connectivity index (χ1) is 7.93. The van der Waals surface area contributed by atoms with E-state index in [2.05, 4.69) is 43.2 Å². The summed E-state index contributed by atoms with van der Waals surface area (Å²) in [6, 6.07) is 0. The van der Waals surface area contributed by atoms with E-state index in [1.54, 1.807) is 0 Å². The summed E-state index contributed by atoms with van der Waals surface area (Å²) in [7, 11) is 0. The second kappa shape index (κ2) is 5.89. The molecule has 0 aliphatic carbocycles. The van der Waals surface area contributed by atoms with Gasteiger partial charge in [-0.25, -0.2) is 4.98 Å². The van der Waals surface area contributed by atoms with Crippen LogP contribution in [0.1, 0.15) is 26.5 Å². The van der Waals surface area contributed by atoms with Crippen molar-refractivity contribution in [2.75, 3.05) is 10.6 Å². The molecule has 0 aliphatic heterocycles. The van der Waals surface area contributed by atoms with Crippen molar-refractivity contribution in [2.24, 2.45) is 0 Å². The van der Waals surface area contributed by atoms with Crippen LogP contribution in [0.15, 0.2) is 0 Å². The number of anilines is 2. The number of aryl methyl sites for hydroxylation is 1. The maximum absolute atomic E-state index is 11.0. The second-order valence-electron chi connectivity index (χ2n) is 3.37. The van der Waals surface area contributed by atoms with E-state index in [9.17, 15) is 9.59 Å². The van der Waals surface area contributed by atoms with Crippen LogP contribution in [0, 0.1) is 3.57 Å². The topological polar surface area (TPSA) is 84.0 Å². The molecule has 0 radical (unpaired) electrons. The number of rotatable bonds is 3. The fourth-order valence-corrected chi connectivity index (χ4v) is 1.95. The van der Waals surface area contributed by atoms with Crippen LogP contribution < -0.4 is 10.6 Å². The van der Waals surface area contributed by atoms with Gasteiger partial charge in [-0.2, -0.15) is 4.98 Å². The molecule has 0 fully saturated rings. The molecular formula is C10H13IN4O2. The molecule has 0 saturated heterocycles. The monoisotopic (exact) mass is 348 g/mol. The fourth-order valence-electron chi connectivity index (χ4n) is 1.19. The molecule has 0 saturated carbocycles. The smallest absolute Gasteiger partial charge is 0.231 e. The molecule has 0 aromatic carbocycles. The first-order valence-electron chi connectivity index (χ1n) is 5.05. The minimum Gasteiger partial charge on any atom is -0.310 e. The van der Waals surface area contributed by atoms with Crippen LogP contribution in [0.2, 0.25) is 0 Å². The zero-order valence-electron chi connectivity index (χ0n) is 9.80. The number of amides is 2. The fraction of sp³-hybridized carbons (Fsp3) is 0.400. The Morgan fingerprint density at radius 2 is 1.76 bits per heavy atom. The third kappa shape index (κ3) is 3.91. The van der Waals surface area contributed by atoms with Gasteiger partial charge in [-0.3, -0.25) is 14.9 Å². The minimum atomic E-state index is -0.248. The van der Waals surface area contributed by atoms with Crippen LogP contribution in [0.3, 0.4) is 0 Å². The van der Waals surface area contributed by atoms with Gasteiger partial charge in [-0.05, 0) is 29.0 Å². The van der Waals surface area contributed by atoms with Crippen LogP contribution in [-0.2, 0) is 16.0 Å². The lowest BCUT2D eigenvalue weighted by Gasteiger charge is -2.10. The van der Waals surface area contributed by atoms with Crippen molar-refractivity contribution in [1.29, 1.82) is 0 Å². The number of halogens is 1. The summed E-state index contributed by atoms with van der Waals surface area (Å²) < 4.78 is 0.786. The molecular weight excluding hydrogens is 335 g/mol. The molecule has 1 aromatic heterocycles. The quantitative estimate of drug-likeness (QED) is 0.812. The lowest BCUT2D eigenvalue weighted by Crippen LogP contribution is -2.15. The van der Waals surface area contributed by atoms with E-state index >= 15 is 0 Å². The van der Waals surface area contributed by atoms with Crippen molar-refractivity contribution in [2.45, 2.75) is 27.2 Å². The molecule has 0 unspecified atom stereocenters. The van der Waals surface area contributed by atoms with Crippen molar-refractivity contribution in [1.82, 2.24) is 9.97 Å². The van der Waals surface area contributed by atoms with Gasteiger partial charge in [0.15, 0.2) is 5.82 Å². The van der Waals surface area contributed by atoms with Gasteiger partial charge in [0.05, 0.1) is 9.26 Å². The van der Waals surface area contributed by atoms with Crippen LogP contribution >= 0.6 is 22.6 Å². The number of nitrogens with one attached hydrogen (secondary N) is 2. The number of hydrogen-bond donors (Lipinski definition) is 2. The Morgan fingerprint density at radius 1 is 1.18 bits per heavy atom. The van der Waals surface area contributed by atoms with Crippen LogP contribution in [0.25, 0.3) is 0 Å². The van der Waals surface area contributed by atoms with E-state index in [4.69, 9.17) is 0 Å². The second-order valence-corrected chi connectivity index (χ2v) is 4.45. The average Bonchev–Trinajstić information content (AvgIpc) is 2.21. The van der Waals surface area contributed by atoms with Crippen molar-refractivity contribution >= 4 is 46.2 Å². The largest absolute Gasteiger partial charge is 0.310 e. The number of nitrogens with zero attached hydrogens (tertiary/aromatic N) is 2. The molecule has 2 N–H and O–H groups in total. The van der Waals surface area contributed by atoms with Gasteiger partial charge in [0, 0.05) is 13.8 Å². The van der Waals surface area contributed by atoms with E-state index in [0.29, 0.717) is 12.2 Å². The Labute approximate surface area is 113 Å². The summed E-state index contributed by atoms with van der Waals surface area (Å²) in [6.07, 6.45) is 0.694. The maximum atomic E-state index is 11.0. The highest BCUT2D eigenvalue weighted by Gasteiger charge is 2.12. The van der Waals surface area contributed by atoms with Gasteiger partial charge < -0.3 is 5.32 Å². The van der Waals surface area contributed by atoms with E-state index in [1.165, 1.54) is 13.8 Å². The van der Waals surface area contributed by atoms with Crippen molar-refractivity contribution in [3.8, 4) is 0 Å². The predicted molar refractivity (Wildman–Crippen MR) is 72.7 cm³/mol. The minimum absolute atomic E-state index is 0.207. The molecule has 17 heavy (non-hydrogen) atoms. The van der Waals surface area contributed by atoms with Gasteiger partial charge >= 0.3 is 0 Å². The molecule has 1 aromatic rings. The normalized spacial score (nSPS) is 9.88. The zero-order chi connectivity index (χ0) is 13.0. The first kappa shape index (κ1) is 13.8. The summed E-state index contributed by atoms with van der Waals surface area (Å²) in [5, 5.41) is 5.12. The van der Waals surface area contributed by atoms with Crippen LogP contribution in [0.5, 0.6) is 0 Å². The van der Waals surface area contributed by atoms with Gasteiger partial charge in [0.2, 0.25) is 17.8 Å². The molecule has 0 aliphatic rings. The summed E-state index contributed by atoms with van der Waals surface area (Å²) in [5.41, 5.74) is 0.785. The summed E-state index contributed by atoms with van der Waals surface area (Å²) >= 11 is 2.07. The van der Waals surface area contributed by atoms with Crippen molar-refractivity contribution in [3.63, 3.8) is 0 Å². The lowest BCUT2D eigenvalue weighted by molar-refractivity contribution is -0.115. The van der Waals surface area contributed by atoms with Gasteiger partial charge in [-0.15, -0.1) is 0 Å². The molecule has 2 amide bonds. The molecule has 1 heterocycles. The molecule has 92 valence electrons. The van der Waals surface area contributed by atoms with E-state index in [1.807, 2.05) is 6.92 Å². The van der Waals surface area contributed by atoms with Crippen LogP contribution in [0.4, 0.5) is 11.8 Å². The molecule has 0 atom stereocenters. The predicted octanol–water partition coefficient (Wildman–Crippen LogP) is 1.56. The SMILES string of the molecule is CCc1nc(NC(C)=O)nc(NC(C)=O)c1I. The Bertz CT molecular complexity index is 462. The molecule has 1 rings (SSSR count). The van der Waals surface area contributed by atoms with Crippen LogP contribution in [-0.4, -0.2) is 21.8 Å². The highest BCUT2D eigenvalue weighted by molar-refractivity contribution is 14.1. The molecule has 0 spiro atoms. The number of hydrogen-bond acceptors (Lipinski definition) is 4. The van der Waals surface area contributed by atoms with Gasteiger partial charge in [0.1, 0.15) is 0 Å². The highest BCUT2D eigenvalue weighted by atomic mass is 127. The number of carbonyl (C=O) groups is 2. The Hall–Kier alpha value is -1.25. The highest BCUT2D eigenvalue weighted by Crippen LogP contribution is 2.21. The summed E-state index contributed by atoms with van der Waals surface area (Å²) in [6.45, 7) is 4.73. The van der Waals surface area contributed by atoms with E-state index < -0.39 is 0 Å². The van der Waals surface area contributed by atoms with Crippen molar-refractivity contribution in [3.05, 3.63) is 9.26 Å². The first-order valence-corrected chi connectivity index (χ1v) is 6.13. The Kier molecular flexibility index (Phi) is 4.79. The zero-order valence-corrected chi connectivity index (χ0v) is 12.0. The average molecular weight is 348 g/mol. The van der Waals surface area contributed by atoms with Crippen molar-refractivity contribution < 1.29 is 9.59 Å². The number of carbonyl (C=O) groups excluding carboxylic acids is 2. The van der Waals surface area contributed by atoms with E-state index in [-0.39, 0.29) is 17.8 Å². The summed E-state index contributed by atoms with van der Waals surface area (Å²) in [5.74, 6) is 0.173. The Morgan fingerprint density at radius 3 is 2.24 bits per heavy atom. The van der Waals surface area contributed by atoms with E-state index in [0.717, 1.165) is 9.26 Å². The third-order valence-electron chi connectivity index (χ3n) is 1.84. The van der Waals surface area contributed by atoms with Gasteiger partial charge in [-0.1, -0.05) is 6.92 Å². The number of aromatic nitrogens is 2. The molecule has 0 bridgehead atoms.